The third-order valence-corrected chi connectivity index (χ3v) is 2.14. The highest BCUT2D eigenvalue weighted by atomic mass is 19.2. The highest BCUT2D eigenvalue weighted by Gasteiger charge is 2.27. The number of carbonyl (C=O) groups is 1. The van der Waals surface area contributed by atoms with Gasteiger partial charge in [0.05, 0.1) is 5.56 Å². The SMILES string of the molecule is O=C1CCc2cc(F)c(F)c(F)c21. The smallest absolute Gasteiger partial charge is 0.195 e. The van der Waals surface area contributed by atoms with Crippen molar-refractivity contribution in [2.45, 2.75) is 12.8 Å². The van der Waals surface area contributed by atoms with Gasteiger partial charge in [-0.25, -0.2) is 13.2 Å². The molecule has 0 aromatic heterocycles. The summed E-state index contributed by atoms with van der Waals surface area (Å²) in [5.74, 6) is -4.59. The molecule has 0 amide bonds. The first-order valence-corrected chi connectivity index (χ1v) is 3.81. The molecule has 13 heavy (non-hydrogen) atoms. The Morgan fingerprint density at radius 2 is 1.77 bits per heavy atom. The van der Waals surface area contributed by atoms with Gasteiger partial charge in [-0.1, -0.05) is 0 Å². The van der Waals surface area contributed by atoms with E-state index in [1.807, 2.05) is 0 Å². The molecule has 1 aromatic carbocycles. The number of aryl methyl sites for hydroxylation is 1. The fraction of sp³-hybridized carbons (Fsp3) is 0.222. The van der Waals surface area contributed by atoms with Crippen molar-refractivity contribution in [2.75, 3.05) is 0 Å². The molecule has 0 N–H and O–H groups in total. The van der Waals surface area contributed by atoms with Gasteiger partial charge in [0.25, 0.3) is 0 Å². The molecular formula is C9H5F3O. The average Bonchev–Trinajstić information content (AvgIpc) is 2.43. The van der Waals surface area contributed by atoms with Gasteiger partial charge in [-0.05, 0) is 18.1 Å². The van der Waals surface area contributed by atoms with Crippen LogP contribution in [0.25, 0.3) is 0 Å². The molecule has 0 fully saturated rings. The molecule has 0 bridgehead atoms. The Hall–Kier alpha value is -1.32. The van der Waals surface area contributed by atoms with Crippen LogP contribution < -0.4 is 0 Å². The molecule has 0 spiro atoms. The normalized spacial score (nSPS) is 14.8. The van der Waals surface area contributed by atoms with Crippen LogP contribution in [0.5, 0.6) is 0 Å². The summed E-state index contributed by atoms with van der Waals surface area (Å²) in [4.78, 5) is 11.0. The minimum atomic E-state index is -1.56. The number of Topliss-reactive ketones (excluding diaryl/α,β-unsaturated/α-hetero) is 1. The van der Waals surface area contributed by atoms with Gasteiger partial charge in [-0.15, -0.1) is 0 Å². The summed E-state index contributed by atoms with van der Waals surface area (Å²) in [5, 5.41) is 0. The molecule has 1 aromatic rings. The van der Waals surface area contributed by atoms with Gasteiger partial charge in [0.15, 0.2) is 23.2 Å². The van der Waals surface area contributed by atoms with E-state index in [1.54, 1.807) is 0 Å². The highest BCUT2D eigenvalue weighted by molar-refractivity contribution is 6.00. The maximum atomic E-state index is 13.0. The summed E-state index contributed by atoms with van der Waals surface area (Å²) in [6.07, 6.45) is 0.428. The lowest BCUT2D eigenvalue weighted by Crippen LogP contribution is -2.02. The summed E-state index contributed by atoms with van der Waals surface area (Å²) in [6.45, 7) is 0. The number of carbonyl (C=O) groups excluding carboxylic acids is 1. The topological polar surface area (TPSA) is 17.1 Å². The monoisotopic (exact) mass is 186 g/mol. The van der Waals surface area contributed by atoms with Crippen molar-refractivity contribution >= 4 is 5.78 Å². The summed E-state index contributed by atoms with van der Waals surface area (Å²) in [6, 6.07) is 0.888. The second-order valence-corrected chi connectivity index (χ2v) is 2.94. The molecule has 4 heteroatoms. The first-order valence-electron chi connectivity index (χ1n) is 3.81. The zero-order chi connectivity index (χ0) is 9.59. The van der Waals surface area contributed by atoms with Crippen molar-refractivity contribution in [1.29, 1.82) is 0 Å². The van der Waals surface area contributed by atoms with E-state index in [9.17, 15) is 18.0 Å². The Labute approximate surface area is 72.2 Å². The number of halogens is 3. The predicted molar refractivity (Wildman–Crippen MR) is 39.0 cm³/mol. The van der Waals surface area contributed by atoms with Crippen LogP contribution in [0.15, 0.2) is 6.07 Å². The van der Waals surface area contributed by atoms with Crippen molar-refractivity contribution in [2.24, 2.45) is 0 Å². The molecule has 1 nitrogen and oxygen atoms in total. The largest absolute Gasteiger partial charge is 0.294 e. The molecule has 0 saturated heterocycles. The summed E-state index contributed by atoms with van der Waals surface area (Å²) >= 11 is 0. The lowest BCUT2D eigenvalue weighted by molar-refractivity contribution is 0.0990. The molecule has 0 heterocycles. The van der Waals surface area contributed by atoms with Crippen molar-refractivity contribution in [1.82, 2.24) is 0 Å². The highest BCUT2D eigenvalue weighted by Crippen LogP contribution is 2.27. The number of ketones is 1. The van der Waals surface area contributed by atoms with Gasteiger partial charge < -0.3 is 0 Å². The molecule has 0 aliphatic heterocycles. The third kappa shape index (κ3) is 1.05. The standard InChI is InChI=1S/C9H5F3O/c10-5-3-4-1-2-6(13)7(4)9(12)8(5)11/h3H,1-2H2. The van der Waals surface area contributed by atoms with Crippen molar-refractivity contribution in [3.05, 3.63) is 34.6 Å². The van der Waals surface area contributed by atoms with Crippen LogP contribution in [-0.4, -0.2) is 5.78 Å². The van der Waals surface area contributed by atoms with Crippen LogP contribution in [0.3, 0.4) is 0 Å². The van der Waals surface area contributed by atoms with E-state index in [1.165, 1.54) is 0 Å². The lowest BCUT2D eigenvalue weighted by atomic mass is 10.1. The molecule has 0 saturated carbocycles. The summed E-state index contributed by atoms with van der Waals surface area (Å²) in [7, 11) is 0. The van der Waals surface area contributed by atoms with Gasteiger partial charge in [-0.3, -0.25) is 4.79 Å². The number of hydrogen-bond acceptors (Lipinski definition) is 1. The summed E-state index contributed by atoms with van der Waals surface area (Å²) < 4.78 is 38.3. The molecule has 0 radical (unpaired) electrons. The Morgan fingerprint density at radius 1 is 1.08 bits per heavy atom. The Morgan fingerprint density at radius 3 is 2.46 bits per heavy atom. The summed E-state index contributed by atoms with van der Waals surface area (Å²) in [5.41, 5.74) is -0.0136. The maximum Gasteiger partial charge on any atom is 0.195 e. The van der Waals surface area contributed by atoms with Gasteiger partial charge in [-0.2, -0.15) is 0 Å². The fourth-order valence-corrected chi connectivity index (χ4v) is 1.52. The van der Waals surface area contributed by atoms with E-state index >= 15 is 0 Å². The number of benzene rings is 1. The number of fused-ring (bicyclic) bond motifs is 1. The van der Waals surface area contributed by atoms with E-state index in [0.29, 0.717) is 6.42 Å². The van der Waals surface area contributed by atoms with Crippen molar-refractivity contribution in [3.8, 4) is 0 Å². The zero-order valence-electron chi connectivity index (χ0n) is 6.53. The lowest BCUT2D eigenvalue weighted by Gasteiger charge is -2.01. The van der Waals surface area contributed by atoms with Crippen LogP contribution in [-0.2, 0) is 6.42 Å². The number of hydrogen-bond donors (Lipinski definition) is 0. The van der Waals surface area contributed by atoms with E-state index in [-0.39, 0.29) is 17.5 Å². The quantitative estimate of drug-likeness (QED) is 0.568. The second-order valence-electron chi connectivity index (χ2n) is 2.94. The Balaban J connectivity index is 2.75. The second kappa shape index (κ2) is 2.58. The van der Waals surface area contributed by atoms with Crippen LogP contribution >= 0.6 is 0 Å². The molecule has 1 aliphatic rings. The minimum Gasteiger partial charge on any atom is -0.294 e. The van der Waals surface area contributed by atoms with E-state index < -0.39 is 23.2 Å². The van der Waals surface area contributed by atoms with E-state index in [2.05, 4.69) is 0 Å². The molecule has 1 aliphatic carbocycles. The van der Waals surface area contributed by atoms with Crippen LogP contribution in [0.4, 0.5) is 13.2 Å². The third-order valence-electron chi connectivity index (χ3n) is 2.14. The first kappa shape index (κ1) is 8.29. The van der Waals surface area contributed by atoms with E-state index in [4.69, 9.17) is 0 Å². The van der Waals surface area contributed by atoms with Crippen molar-refractivity contribution in [3.63, 3.8) is 0 Å². The number of rotatable bonds is 0. The average molecular weight is 186 g/mol. The van der Waals surface area contributed by atoms with Gasteiger partial charge in [0.2, 0.25) is 0 Å². The zero-order valence-corrected chi connectivity index (χ0v) is 6.53. The van der Waals surface area contributed by atoms with Crippen LogP contribution in [0.1, 0.15) is 22.3 Å². The van der Waals surface area contributed by atoms with Crippen LogP contribution in [0, 0.1) is 17.5 Å². The first-order chi connectivity index (χ1) is 6.11. The molecule has 2 rings (SSSR count). The fourth-order valence-electron chi connectivity index (χ4n) is 1.52. The molecule has 0 atom stereocenters. The van der Waals surface area contributed by atoms with Gasteiger partial charge in [0, 0.05) is 6.42 Å². The van der Waals surface area contributed by atoms with Gasteiger partial charge >= 0.3 is 0 Å². The molecule has 0 unspecified atom stereocenters. The predicted octanol–water partition coefficient (Wildman–Crippen LogP) is 2.23. The van der Waals surface area contributed by atoms with Crippen molar-refractivity contribution < 1.29 is 18.0 Å². The molecular weight excluding hydrogens is 181 g/mol. The van der Waals surface area contributed by atoms with Crippen LogP contribution in [0.2, 0.25) is 0 Å². The Bertz CT molecular complexity index is 398. The maximum absolute atomic E-state index is 13.0. The molecule has 68 valence electrons. The van der Waals surface area contributed by atoms with E-state index in [0.717, 1.165) is 6.07 Å². The Kier molecular flexibility index (Phi) is 1.65. The minimum absolute atomic E-state index is 0.134. The van der Waals surface area contributed by atoms with Gasteiger partial charge in [0.1, 0.15) is 0 Å².